The second kappa shape index (κ2) is 4.09. The van der Waals surface area contributed by atoms with Crippen LogP contribution >= 0.6 is 11.6 Å². The molecule has 0 aliphatic heterocycles. The molecule has 0 saturated heterocycles. The SMILES string of the molecule is CC1CCc2c(F)cc(F)cc2C(Cl)C1. The summed E-state index contributed by atoms with van der Waals surface area (Å²) in [6.07, 6.45) is 2.36. The van der Waals surface area contributed by atoms with Crippen molar-refractivity contribution in [3.05, 3.63) is 34.9 Å². The van der Waals surface area contributed by atoms with Gasteiger partial charge >= 0.3 is 0 Å². The summed E-state index contributed by atoms with van der Waals surface area (Å²) in [5, 5.41) is -0.261. The first kappa shape index (κ1) is 10.9. The lowest BCUT2D eigenvalue weighted by molar-refractivity contribution is 0.500. The van der Waals surface area contributed by atoms with Crippen molar-refractivity contribution >= 4 is 11.6 Å². The third-order valence-electron chi connectivity index (χ3n) is 3.03. The van der Waals surface area contributed by atoms with Crippen molar-refractivity contribution in [3.63, 3.8) is 0 Å². The maximum Gasteiger partial charge on any atom is 0.129 e. The molecule has 2 atom stereocenters. The summed E-state index contributed by atoms with van der Waals surface area (Å²) >= 11 is 6.16. The summed E-state index contributed by atoms with van der Waals surface area (Å²) in [6.45, 7) is 2.09. The van der Waals surface area contributed by atoms with Crippen LogP contribution in [0.2, 0.25) is 0 Å². The molecule has 0 bridgehead atoms. The fourth-order valence-corrected chi connectivity index (χ4v) is 2.65. The highest BCUT2D eigenvalue weighted by Crippen LogP contribution is 2.37. The predicted molar refractivity (Wildman–Crippen MR) is 57.1 cm³/mol. The largest absolute Gasteiger partial charge is 0.207 e. The number of hydrogen-bond donors (Lipinski definition) is 0. The number of fused-ring (bicyclic) bond motifs is 1. The lowest BCUT2D eigenvalue weighted by atomic mass is 10.0. The quantitative estimate of drug-likeness (QED) is 0.463. The van der Waals surface area contributed by atoms with Crippen LogP contribution in [0.1, 0.15) is 36.3 Å². The molecule has 1 aromatic rings. The highest BCUT2D eigenvalue weighted by atomic mass is 35.5. The van der Waals surface area contributed by atoms with Crippen molar-refractivity contribution in [1.29, 1.82) is 0 Å². The van der Waals surface area contributed by atoms with E-state index in [0.717, 1.165) is 18.9 Å². The zero-order valence-corrected chi connectivity index (χ0v) is 9.32. The summed E-state index contributed by atoms with van der Waals surface area (Å²) in [5.41, 5.74) is 1.24. The van der Waals surface area contributed by atoms with Gasteiger partial charge in [-0.3, -0.25) is 0 Å². The van der Waals surface area contributed by atoms with Gasteiger partial charge in [0.05, 0.1) is 5.38 Å². The van der Waals surface area contributed by atoms with Crippen LogP contribution in [0.5, 0.6) is 0 Å². The molecule has 0 aromatic heterocycles. The van der Waals surface area contributed by atoms with Crippen molar-refractivity contribution in [2.24, 2.45) is 5.92 Å². The minimum atomic E-state index is -0.536. The second-order valence-corrected chi connectivity index (χ2v) is 4.83. The summed E-state index contributed by atoms with van der Waals surface area (Å²) in [4.78, 5) is 0. The van der Waals surface area contributed by atoms with Crippen molar-refractivity contribution in [2.75, 3.05) is 0 Å². The Kier molecular flexibility index (Phi) is 2.96. The van der Waals surface area contributed by atoms with Crippen LogP contribution in [0.3, 0.4) is 0 Å². The fraction of sp³-hybridized carbons (Fsp3) is 0.500. The van der Waals surface area contributed by atoms with Crippen molar-refractivity contribution in [1.82, 2.24) is 0 Å². The van der Waals surface area contributed by atoms with Crippen LogP contribution < -0.4 is 0 Å². The lowest BCUT2D eigenvalue weighted by Gasteiger charge is -2.12. The third kappa shape index (κ3) is 2.15. The van der Waals surface area contributed by atoms with Gasteiger partial charge in [-0.15, -0.1) is 11.6 Å². The van der Waals surface area contributed by atoms with Crippen molar-refractivity contribution in [3.8, 4) is 0 Å². The van der Waals surface area contributed by atoms with E-state index >= 15 is 0 Å². The number of benzene rings is 1. The molecule has 82 valence electrons. The van der Waals surface area contributed by atoms with E-state index in [1.165, 1.54) is 6.07 Å². The molecule has 2 unspecified atom stereocenters. The van der Waals surface area contributed by atoms with E-state index in [1.54, 1.807) is 0 Å². The topological polar surface area (TPSA) is 0 Å². The van der Waals surface area contributed by atoms with E-state index in [9.17, 15) is 8.78 Å². The molecule has 0 amide bonds. The molecule has 1 aromatic carbocycles. The molecule has 0 N–H and O–H groups in total. The molecule has 0 radical (unpaired) electrons. The molecule has 2 rings (SSSR count). The fourth-order valence-electron chi connectivity index (χ4n) is 2.16. The molecule has 1 aliphatic rings. The van der Waals surface area contributed by atoms with E-state index in [-0.39, 0.29) is 5.38 Å². The summed E-state index contributed by atoms with van der Waals surface area (Å²) in [5.74, 6) is -0.529. The van der Waals surface area contributed by atoms with Crippen molar-refractivity contribution < 1.29 is 8.78 Å². The van der Waals surface area contributed by atoms with Gasteiger partial charge in [0.15, 0.2) is 0 Å². The van der Waals surface area contributed by atoms with Gasteiger partial charge in [-0.25, -0.2) is 8.78 Å². The van der Waals surface area contributed by atoms with Gasteiger partial charge in [0.1, 0.15) is 11.6 Å². The zero-order valence-electron chi connectivity index (χ0n) is 8.56. The van der Waals surface area contributed by atoms with Crippen LogP contribution in [-0.4, -0.2) is 0 Å². The van der Waals surface area contributed by atoms with Crippen LogP contribution in [0, 0.1) is 17.6 Å². The van der Waals surface area contributed by atoms with Gasteiger partial charge in [-0.05, 0) is 42.4 Å². The van der Waals surface area contributed by atoms with E-state index in [0.29, 0.717) is 23.5 Å². The molecule has 0 spiro atoms. The lowest BCUT2D eigenvalue weighted by Crippen LogP contribution is -1.99. The van der Waals surface area contributed by atoms with Gasteiger partial charge in [0.2, 0.25) is 0 Å². The second-order valence-electron chi connectivity index (χ2n) is 4.30. The molecule has 0 heterocycles. The summed E-state index contributed by atoms with van der Waals surface area (Å²) in [6, 6.07) is 2.31. The smallest absolute Gasteiger partial charge is 0.129 e. The predicted octanol–water partition coefficient (Wildman–Crippen LogP) is 4.22. The molecule has 1 aliphatic carbocycles. The average molecular weight is 231 g/mol. The first-order chi connectivity index (χ1) is 7.08. The monoisotopic (exact) mass is 230 g/mol. The summed E-state index contributed by atoms with van der Waals surface area (Å²) < 4.78 is 26.6. The Bertz CT molecular complexity index is 376. The summed E-state index contributed by atoms with van der Waals surface area (Å²) in [7, 11) is 0. The highest BCUT2D eigenvalue weighted by molar-refractivity contribution is 6.20. The van der Waals surface area contributed by atoms with E-state index in [1.807, 2.05) is 0 Å². The minimum Gasteiger partial charge on any atom is -0.207 e. The maximum atomic E-state index is 13.5. The number of hydrogen-bond acceptors (Lipinski definition) is 0. The van der Waals surface area contributed by atoms with Crippen molar-refractivity contribution in [2.45, 2.75) is 31.6 Å². The van der Waals surface area contributed by atoms with Gasteiger partial charge in [-0.1, -0.05) is 6.92 Å². The molecular formula is C12H13ClF2. The molecule has 3 heteroatoms. The van der Waals surface area contributed by atoms with Gasteiger partial charge in [-0.2, -0.15) is 0 Å². The first-order valence-electron chi connectivity index (χ1n) is 5.20. The van der Waals surface area contributed by atoms with Crippen LogP contribution in [-0.2, 0) is 6.42 Å². The van der Waals surface area contributed by atoms with Crippen LogP contribution in [0.15, 0.2) is 12.1 Å². The average Bonchev–Trinajstić information content (AvgIpc) is 2.27. The minimum absolute atomic E-state index is 0.261. The molecule has 0 fully saturated rings. The Morgan fingerprint density at radius 2 is 2.07 bits per heavy atom. The zero-order chi connectivity index (χ0) is 11.0. The Balaban J connectivity index is 2.48. The Morgan fingerprint density at radius 1 is 1.33 bits per heavy atom. The molecule has 15 heavy (non-hydrogen) atoms. The van der Waals surface area contributed by atoms with Crippen LogP contribution in [0.4, 0.5) is 8.78 Å². The first-order valence-corrected chi connectivity index (χ1v) is 5.63. The standard InChI is InChI=1S/C12H13ClF2/c1-7-2-3-9-10(11(13)4-7)5-8(14)6-12(9)15/h5-7,11H,2-4H2,1H3. The number of rotatable bonds is 0. The number of alkyl halides is 1. The normalized spacial score (nSPS) is 25.9. The molecule has 0 nitrogen and oxygen atoms in total. The molecular weight excluding hydrogens is 218 g/mol. The van der Waals surface area contributed by atoms with Crippen LogP contribution in [0.25, 0.3) is 0 Å². The molecule has 0 saturated carbocycles. The van der Waals surface area contributed by atoms with Gasteiger partial charge in [0.25, 0.3) is 0 Å². The van der Waals surface area contributed by atoms with Gasteiger partial charge < -0.3 is 0 Å². The third-order valence-corrected chi connectivity index (χ3v) is 3.44. The van der Waals surface area contributed by atoms with E-state index in [4.69, 9.17) is 11.6 Å². The van der Waals surface area contributed by atoms with E-state index in [2.05, 4.69) is 6.92 Å². The number of halogens is 3. The Labute approximate surface area is 93.2 Å². The van der Waals surface area contributed by atoms with Gasteiger partial charge in [0, 0.05) is 6.07 Å². The highest BCUT2D eigenvalue weighted by Gasteiger charge is 2.23. The maximum absolute atomic E-state index is 13.5. The van der Waals surface area contributed by atoms with E-state index < -0.39 is 11.6 Å². The Morgan fingerprint density at radius 3 is 2.80 bits per heavy atom. The Hall–Kier alpha value is -0.630.